The van der Waals surface area contributed by atoms with Crippen molar-refractivity contribution < 1.29 is 29.2 Å². The first-order valence-electron chi connectivity index (χ1n) is 6.30. The zero-order chi connectivity index (χ0) is 14.9. The molecule has 0 aromatic carbocycles. The normalized spacial score (nSPS) is 38.0. The van der Waals surface area contributed by atoms with Crippen molar-refractivity contribution in [3.63, 3.8) is 0 Å². The molecule has 0 spiro atoms. The number of hydrogen-bond acceptors (Lipinski definition) is 7. The standard InChI is InChI=1S/C11H19N3O6/c1-11(2)19-8-7(6(13-14-12)5(16)4-15)18-10(17-3)9(8)20-11/h5-10,15-16H,4H2,1-3H3/t5-,6-,7-,8-,9-,10-/m1/s1. The van der Waals surface area contributed by atoms with Gasteiger partial charge in [-0.25, -0.2) is 0 Å². The Balaban J connectivity index is 2.24. The highest BCUT2D eigenvalue weighted by Gasteiger charge is 2.58. The number of ether oxygens (including phenoxy) is 4. The van der Waals surface area contributed by atoms with Crippen molar-refractivity contribution in [1.29, 1.82) is 0 Å². The molecule has 0 unspecified atom stereocenters. The second-order valence-electron chi connectivity index (χ2n) is 5.21. The van der Waals surface area contributed by atoms with Gasteiger partial charge in [0.1, 0.15) is 18.3 Å². The molecular weight excluding hydrogens is 270 g/mol. The van der Waals surface area contributed by atoms with Gasteiger partial charge in [-0.3, -0.25) is 0 Å². The molecule has 9 heteroatoms. The average Bonchev–Trinajstić information content (AvgIpc) is 2.88. The van der Waals surface area contributed by atoms with Gasteiger partial charge in [0.15, 0.2) is 12.1 Å². The number of aliphatic hydroxyl groups excluding tert-OH is 2. The molecule has 0 amide bonds. The van der Waals surface area contributed by atoms with Crippen LogP contribution in [0.2, 0.25) is 0 Å². The molecule has 20 heavy (non-hydrogen) atoms. The van der Waals surface area contributed by atoms with Gasteiger partial charge in [-0.05, 0) is 19.4 Å². The number of nitrogens with zero attached hydrogens (tertiary/aromatic N) is 3. The van der Waals surface area contributed by atoms with Gasteiger partial charge in [0.2, 0.25) is 0 Å². The van der Waals surface area contributed by atoms with Gasteiger partial charge >= 0.3 is 0 Å². The second-order valence-corrected chi connectivity index (χ2v) is 5.21. The lowest BCUT2D eigenvalue weighted by molar-refractivity contribution is -0.231. The molecule has 0 saturated carbocycles. The second kappa shape index (κ2) is 5.82. The van der Waals surface area contributed by atoms with E-state index in [1.807, 2.05) is 0 Å². The fraction of sp³-hybridized carbons (Fsp3) is 1.00. The van der Waals surface area contributed by atoms with Crippen LogP contribution in [-0.4, -0.2) is 66.5 Å². The van der Waals surface area contributed by atoms with Crippen molar-refractivity contribution in [2.45, 2.75) is 56.4 Å². The zero-order valence-electron chi connectivity index (χ0n) is 11.5. The summed E-state index contributed by atoms with van der Waals surface area (Å²) < 4.78 is 22.2. The van der Waals surface area contributed by atoms with E-state index in [2.05, 4.69) is 10.0 Å². The summed E-state index contributed by atoms with van der Waals surface area (Å²) in [5.74, 6) is -0.820. The first kappa shape index (κ1) is 15.5. The molecule has 9 nitrogen and oxygen atoms in total. The van der Waals surface area contributed by atoms with E-state index in [1.165, 1.54) is 7.11 Å². The van der Waals surface area contributed by atoms with E-state index in [0.29, 0.717) is 0 Å². The predicted octanol–water partition coefficient (Wildman–Crippen LogP) is -0.0901. The van der Waals surface area contributed by atoms with E-state index in [0.717, 1.165) is 0 Å². The highest BCUT2D eigenvalue weighted by Crippen LogP contribution is 2.40. The van der Waals surface area contributed by atoms with E-state index in [4.69, 9.17) is 29.6 Å². The van der Waals surface area contributed by atoms with E-state index in [9.17, 15) is 5.11 Å². The summed E-state index contributed by atoms with van der Waals surface area (Å²) in [6.45, 7) is 2.95. The molecule has 0 aromatic heterocycles. The predicted molar refractivity (Wildman–Crippen MR) is 65.5 cm³/mol. The van der Waals surface area contributed by atoms with Gasteiger partial charge in [-0.1, -0.05) is 5.11 Å². The maximum Gasteiger partial charge on any atom is 0.186 e. The first-order chi connectivity index (χ1) is 9.43. The average molecular weight is 289 g/mol. The molecule has 2 N–H and O–H groups in total. The number of rotatable bonds is 5. The molecule has 2 saturated heterocycles. The fourth-order valence-corrected chi connectivity index (χ4v) is 2.59. The first-order valence-corrected chi connectivity index (χ1v) is 6.30. The summed E-state index contributed by atoms with van der Waals surface area (Å²) in [6, 6.07) is -0.991. The summed E-state index contributed by atoms with van der Waals surface area (Å²) in [4.78, 5) is 2.69. The third-order valence-electron chi connectivity index (χ3n) is 3.38. The van der Waals surface area contributed by atoms with Crippen LogP contribution in [0.25, 0.3) is 10.4 Å². The number of aliphatic hydroxyl groups is 2. The van der Waals surface area contributed by atoms with Crippen LogP contribution >= 0.6 is 0 Å². The van der Waals surface area contributed by atoms with Crippen molar-refractivity contribution in [1.82, 2.24) is 0 Å². The highest BCUT2D eigenvalue weighted by molar-refractivity contribution is 5.01. The monoisotopic (exact) mass is 289 g/mol. The third-order valence-corrected chi connectivity index (χ3v) is 3.38. The van der Waals surface area contributed by atoms with Gasteiger partial charge in [0.25, 0.3) is 0 Å². The summed E-state index contributed by atoms with van der Waals surface area (Å²) in [7, 11) is 1.46. The molecule has 0 radical (unpaired) electrons. The third kappa shape index (κ3) is 2.75. The van der Waals surface area contributed by atoms with Crippen LogP contribution in [0, 0.1) is 0 Å². The van der Waals surface area contributed by atoms with Crippen LogP contribution in [-0.2, 0) is 18.9 Å². The molecule has 0 aliphatic carbocycles. The summed E-state index contributed by atoms with van der Waals surface area (Å²) in [5, 5.41) is 22.4. The van der Waals surface area contributed by atoms with E-state index in [1.54, 1.807) is 13.8 Å². The minimum atomic E-state index is -1.25. The van der Waals surface area contributed by atoms with E-state index < -0.39 is 49.1 Å². The van der Waals surface area contributed by atoms with E-state index in [-0.39, 0.29) is 0 Å². The summed E-state index contributed by atoms with van der Waals surface area (Å²) in [5.41, 5.74) is 8.61. The van der Waals surface area contributed by atoms with Crippen molar-refractivity contribution in [2.75, 3.05) is 13.7 Å². The van der Waals surface area contributed by atoms with Crippen LogP contribution in [0.1, 0.15) is 13.8 Å². The molecule has 0 aromatic rings. The molecule has 6 atom stereocenters. The highest BCUT2D eigenvalue weighted by atomic mass is 16.8. The van der Waals surface area contributed by atoms with Gasteiger partial charge < -0.3 is 29.2 Å². The van der Waals surface area contributed by atoms with E-state index >= 15 is 0 Å². The molecule has 2 heterocycles. The van der Waals surface area contributed by atoms with Gasteiger partial charge in [-0.15, -0.1) is 0 Å². The van der Waals surface area contributed by atoms with Crippen molar-refractivity contribution in [3.05, 3.63) is 10.4 Å². The number of fused-ring (bicyclic) bond motifs is 1. The zero-order valence-corrected chi connectivity index (χ0v) is 11.5. The van der Waals surface area contributed by atoms with Crippen LogP contribution < -0.4 is 0 Å². The number of hydrogen-bond donors (Lipinski definition) is 2. The van der Waals surface area contributed by atoms with Gasteiger partial charge in [0, 0.05) is 12.0 Å². The van der Waals surface area contributed by atoms with Crippen molar-refractivity contribution in [3.8, 4) is 0 Å². The topological polar surface area (TPSA) is 126 Å². The lowest BCUT2D eigenvalue weighted by Crippen LogP contribution is -2.45. The Hall–Kier alpha value is -0.930. The molecule has 0 bridgehead atoms. The lowest BCUT2D eigenvalue weighted by atomic mass is 10.00. The Kier molecular flexibility index (Phi) is 4.50. The van der Waals surface area contributed by atoms with Crippen LogP contribution in [0.3, 0.4) is 0 Å². The minimum absolute atomic E-state index is 0.484. The van der Waals surface area contributed by atoms with Crippen LogP contribution in [0.4, 0.5) is 0 Å². The summed E-state index contributed by atoms with van der Waals surface area (Å²) in [6.07, 6.45) is -3.73. The van der Waals surface area contributed by atoms with Gasteiger partial charge in [0.05, 0.1) is 18.8 Å². The largest absolute Gasteiger partial charge is 0.394 e. The SMILES string of the molecule is CO[C@@H]1O[C@H]([C@H](N=[N+]=[N-])[C@H](O)CO)[C@H]2OC(C)(C)O[C@@H]12. The Bertz CT molecular complexity index is 400. The van der Waals surface area contributed by atoms with Crippen molar-refractivity contribution in [2.24, 2.45) is 5.11 Å². The maximum atomic E-state index is 9.79. The molecule has 2 fully saturated rings. The van der Waals surface area contributed by atoms with Crippen LogP contribution in [0.5, 0.6) is 0 Å². The molecule has 2 rings (SSSR count). The molecular formula is C11H19N3O6. The smallest absolute Gasteiger partial charge is 0.186 e. The Morgan fingerprint density at radius 1 is 1.40 bits per heavy atom. The molecule has 2 aliphatic heterocycles. The maximum absolute atomic E-state index is 9.79. The molecule has 114 valence electrons. The molecule has 2 aliphatic rings. The minimum Gasteiger partial charge on any atom is -0.394 e. The Morgan fingerprint density at radius 3 is 2.60 bits per heavy atom. The number of azide groups is 1. The quantitative estimate of drug-likeness (QED) is 0.414. The lowest BCUT2D eigenvalue weighted by Gasteiger charge is -2.28. The van der Waals surface area contributed by atoms with Crippen LogP contribution in [0.15, 0.2) is 5.11 Å². The van der Waals surface area contributed by atoms with Crippen molar-refractivity contribution >= 4 is 0 Å². The Labute approximate surface area is 116 Å². The fourth-order valence-electron chi connectivity index (χ4n) is 2.59. The van der Waals surface area contributed by atoms with Gasteiger partial charge in [-0.2, -0.15) is 0 Å². The summed E-state index contributed by atoms with van der Waals surface area (Å²) >= 11 is 0. The number of methoxy groups -OCH3 is 1. The Morgan fingerprint density at radius 2 is 2.05 bits per heavy atom.